The molecular formula is C20H24O4. The molecule has 1 aromatic rings. The van der Waals surface area contributed by atoms with Gasteiger partial charge in [-0.25, -0.2) is 0 Å². The van der Waals surface area contributed by atoms with Crippen molar-refractivity contribution < 1.29 is 19.1 Å². The SMILES string of the molecule is C=C1OCC2c3ccc(CC)cc3C(C(C=O)CC(=O)OC)CC12. The predicted molar refractivity (Wildman–Crippen MR) is 90.7 cm³/mol. The number of aryl methyl sites for hydroxylation is 1. The van der Waals surface area contributed by atoms with E-state index in [1.807, 2.05) is 0 Å². The number of methoxy groups -OCH3 is 1. The fraction of sp³-hybridized carbons (Fsp3) is 0.500. The molecule has 0 radical (unpaired) electrons. The van der Waals surface area contributed by atoms with Gasteiger partial charge in [0.2, 0.25) is 0 Å². The first-order valence-electron chi connectivity index (χ1n) is 8.55. The number of carbonyl (C=O) groups excluding carboxylic acids is 2. The normalized spacial score (nSPS) is 26.1. The Morgan fingerprint density at radius 1 is 1.42 bits per heavy atom. The molecule has 0 aromatic heterocycles. The molecule has 2 aliphatic rings. The number of benzene rings is 1. The minimum Gasteiger partial charge on any atom is -0.498 e. The third kappa shape index (κ3) is 2.85. The summed E-state index contributed by atoms with van der Waals surface area (Å²) in [5, 5.41) is 0. The Morgan fingerprint density at radius 3 is 2.88 bits per heavy atom. The molecule has 4 heteroatoms. The third-order valence-electron chi connectivity index (χ3n) is 5.54. The zero-order valence-corrected chi connectivity index (χ0v) is 14.3. The van der Waals surface area contributed by atoms with Gasteiger partial charge in [-0.15, -0.1) is 0 Å². The number of hydrogen-bond donors (Lipinski definition) is 0. The summed E-state index contributed by atoms with van der Waals surface area (Å²) < 4.78 is 10.5. The summed E-state index contributed by atoms with van der Waals surface area (Å²) >= 11 is 0. The van der Waals surface area contributed by atoms with Gasteiger partial charge in [-0.3, -0.25) is 4.79 Å². The summed E-state index contributed by atoms with van der Waals surface area (Å²) in [6.07, 6.45) is 2.76. The van der Waals surface area contributed by atoms with Crippen LogP contribution in [0.5, 0.6) is 0 Å². The molecule has 1 fully saturated rings. The number of rotatable bonds is 5. The van der Waals surface area contributed by atoms with E-state index < -0.39 is 0 Å². The second-order valence-corrected chi connectivity index (χ2v) is 6.73. The Labute approximate surface area is 142 Å². The highest BCUT2D eigenvalue weighted by Crippen LogP contribution is 2.51. The van der Waals surface area contributed by atoms with Crippen molar-refractivity contribution in [2.24, 2.45) is 11.8 Å². The fourth-order valence-corrected chi connectivity index (χ4v) is 4.12. The van der Waals surface area contributed by atoms with E-state index in [-0.39, 0.29) is 30.1 Å². The molecular weight excluding hydrogens is 304 g/mol. The number of esters is 1. The van der Waals surface area contributed by atoms with Gasteiger partial charge in [-0.05, 0) is 35.4 Å². The van der Waals surface area contributed by atoms with E-state index in [0.29, 0.717) is 12.5 Å². The van der Waals surface area contributed by atoms with Crippen LogP contribution in [0.3, 0.4) is 0 Å². The van der Waals surface area contributed by atoms with Crippen LogP contribution in [0.1, 0.15) is 48.3 Å². The predicted octanol–water partition coefficient (Wildman–Crippen LogP) is 3.36. The van der Waals surface area contributed by atoms with Crippen molar-refractivity contribution in [2.75, 3.05) is 13.7 Å². The van der Waals surface area contributed by atoms with Crippen molar-refractivity contribution in [3.63, 3.8) is 0 Å². The molecule has 24 heavy (non-hydrogen) atoms. The zero-order chi connectivity index (χ0) is 17.3. The van der Waals surface area contributed by atoms with Gasteiger partial charge in [0, 0.05) is 17.8 Å². The molecule has 4 atom stereocenters. The molecule has 0 spiro atoms. The van der Waals surface area contributed by atoms with Gasteiger partial charge in [-0.1, -0.05) is 31.7 Å². The van der Waals surface area contributed by atoms with Crippen molar-refractivity contribution in [2.45, 2.75) is 38.0 Å². The molecule has 1 saturated heterocycles. The van der Waals surface area contributed by atoms with Crippen LogP contribution in [0.15, 0.2) is 30.5 Å². The van der Waals surface area contributed by atoms with Gasteiger partial charge in [0.15, 0.2) is 0 Å². The molecule has 4 nitrogen and oxygen atoms in total. The maximum absolute atomic E-state index is 11.7. The molecule has 0 N–H and O–H groups in total. The minimum atomic E-state index is -0.377. The Balaban J connectivity index is 2.02. The quantitative estimate of drug-likeness (QED) is 0.614. The largest absolute Gasteiger partial charge is 0.498 e. The highest BCUT2D eigenvalue weighted by atomic mass is 16.5. The number of aldehydes is 1. The van der Waals surface area contributed by atoms with Crippen molar-refractivity contribution in [1.29, 1.82) is 0 Å². The van der Waals surface area contributed by atoms with E-state index in [4.69, 9.17) is 9.47 Å². The van der Waals surface area contributed by atoms with E-state index in [2.05, 4.69) is 31.7 Å². The lowest BCUT2D eigenvalue weighted by molar-refractivity contribution is -0.143. The minimum absolute atomic E-state index is 0.00259. The Hall–Kier alpha value is -2.10. The first kappa shape index (κ1) is 16.7. The standard InChI is InChI=1S/C20H24O4/c1-4-13-5-6-15-18(7-13)17(14(10-21)8-20(22)23-3)9-16-12(2)24-11-19(15)16/h5-7,10,14,16-17,19H,2,4,8-9,11H2,1,3H3. The summed E-state index contributed by atoms with van der Waals surface area (Å²) in [4.78, 5) is 23.5. The second kappa shape index (κ2) is 6.80. The van der Waals surface area contributed by atoms with Crippen molar-refractivity contribution in [1.82, 2.24) is 0 Å². The highest BCUT2D eigenvalue weighted by molar-refractivity contribution is 5.74. The Bertz CT molecular complexity index is 664. The van der Waals surface area contributed by atoms with Crippen LogP contribution in [-0.4, -0.2) is 26.0 Å². The first-order valence-corrected chi connectivity index (χ1v) is 8.55. The van der Waals surface area contributed by atoms with Crippen LogP contribution < -0.4 is 0 Å². The van der Waals surface area contributed by atoms with E-state index >= 15 is 0 Å². The molecule has 4 unspecified atom stereocenters. The van der Waals surface area contributed by atoms with Gasteiger partial charge in [0.25, 0.3) is 0 Å². The molecule has 3 rings (SSSR count). The summed E-state index contributed by atoms with van der Waals surface area (Å²) in [7, 11) is 1.36. The third-order valence-corrected chi connectivity index (χ3v) is 5.54. The number of allylic oxidation sites excluding steroid dienone is 1. The molecule has 1 aromatic carbocycles. The van der Waals surface area contributed by atoms with E-state index in [0.717, 1.165) is 24.9 Å². The van der Waals surface area contributed by atoms with E-state index in [1.165, 1.54) is 23.8 Å². The monoisotopic (exact) mass is 328 g/mol. The zero-order valence-electron chi connectivity index (χ0n) is 14.3. The molecule has 128 valence electrons. The van der Waals surface area contributed by atoms with Crippen LogP contribution in [-0.2, 0) is 25.5 Å². The molecule has 0 bridgehead atoms. The maximum atomic E-state index is 11.7. The number of ether oxygens (including phenoxy) is 2. The number of fused-ring (bicyclic) bond motifs is 3. The lowest BCUT2D eigenvalue weighted by Gasteiger charge is -2.35. The van der Waals surface area contributed by atoms with Crippen LogP contribution in [0.2, 0.25) is 0 Å². The lowest BCUT2D eigenvalue weighted by atomic mass is 9.66. The smallest absolute Gasteiger partial charge is 0.306 e. The number of hydrogen-bond acceptors (Lipinski definition) is 4. The van der Waals surface area contributed by atoms with Gasteiger partial charge in [0.05, 0.1) is 25.9 Å². The summed E-state index contributed by atoms with van der Waals surface area (Å²) in [5.41, 5.74) is 3.68. The second-order valence-electron chi connectivity index (χ2n) is 6.73. The Morgan fingerprint density at radius 2 is 2.21 bits per heavy atom. The topological polar surface area (TPSA) is 52.6 Å². The van der Waals surface area contributed by atoms with Crippen LogP contribution in [0.4, 0.5) is 0 Å². The van der Waals surface area contributed by atoms with Gasteiger partial charge < -0.3 is 14.3 Å². The molecule has 1 aliphatic heterocycles. The highest BCUT2D eigenvalue weighted by Gasteiger charge is 2.43. The van der Waals surface area contributed by atoms with Crippen LogP contribution in [0, 0.1) is 11.8 Å². The van der Waals surface area contributed by atoms with Gasteiger partial charge in [0.1, 0.15) is 6.29 Å². The van der Waals surface area contributed by atoms with Crippen LogP contribution >= 0.6 is 0 Å². The maximum Gasteiger partial charge on any atom is 0.306 e. The molecule has 0 amide bonds. The molecule has 0 saturated carbocycles. The van der Waals surface area contributed by atoms with Gasteiger partial charge in [-0.2, -0.15) is 0 Å². The van der Waals surface area contributed by atoms with Gasteiger partial charge >= 0.3 is 5.97 Å². The van der Waals surface area contributed by atoms with Crippen molar-refractivity contribution in [3.8, 4) is 0 Å². The van der Waals surface area contributed by atoms with Crippen molar-refractivity contribution >= 4 is 12.3 Å². The summed E-state index contributed by atoms with van der Waals surface area (Å²) in [6, 6.07) is 6.51. The van der Waals surface area contributed by atoms with E-state index in [9.17, 15) is 9.59 Å². The summed E-state index contributed by atoms with van der Waals surface area (Å²) in [6.45, 7) is 6.81. The first-order chi connectivity index (χ1) is 11.6. The Kier molecular flexibility index (Phi) is 4.74. The van der Waals surface area contributed by atoms with Crippen LogP contribution in [0.25, 0.3) is 0 Å². The molecule has 1 aliphatic carbocycles. The number of carbonyl (C=O) groups is 2. The van der Waals surface area contributed by atoms with Crippen molar-refractivity contribution in [3.05, 3.63) is 47.2 Å². The average molecular weight is 328 g/mol. The fourth-order valence-electron chi connectivity index (χ4n) is 4.12. The summed E-state index contributed by atoms with van der Waals surface area (Å²) in [5.74, 6) is 0.609. The lowest BCUT2D eigenvalue weighted by Crippen LogP contribution is -2.29. The van der Waals surface area contributed by atoms with E-state index in [1.54, 1.807) is 0 Å². The molecule has 1 heterocycles. The average Bonchev–Trinajstić information content (AvgIpc) is 2.99.